The molecule has 2 N–H and O–H groups in total. The number of hydrogen-bond acceptors (Lipinski definition) is 2. The first-order valence-electron chi connectivity index (χ1n) is 8.96. The van der Waals surface area contributed by atoms with E-state index in [4.69, 9.17) is 23.2 Å². The molecule has 0 amide bonds. The number of aromatic nitrogens is 1. The summed E-state index contributed by atoms with van der Waals surface area (Å²) < 4.78 is 29.2. The molecule has 1 atom stereocenters. The third-order valence-electron chi connectivity index (χ3n) is 4.82. The van der Waals surface area contributed by atoms with Crippen molar-refractivity contribution in [1.82, 2.24) is 9.71 Å². The fourth-order valence-electron chi connectivity index (χ4n) is 3.34. The number of benzene rings is 3. The summed E-state index contributed by atoms with van der Waals surface area (Å²) in [5.41, 5.74) is 3.12. The maximum atomic E-state index is 13.2. The van der Waals surface area contributed by atoms with Gasteiger partial charge in [0.05, 0.1) is 10.9 Å². The number of nitrogens with one attached hydrogen (secondary N) is 2. The minimum absolute atomic E-state index is 0.177. The van der Waals surface area contributed by atoms with Crippen LogP contribution in [-0.2, 0) is 10.0 Å². The average molecular weight is 445 g/mol. The Morgan fingerprint density at radius 2 is 1.55 bits per heavy atom. The number of hydrogen-bond donors (Lipinski definition) is 2. The molecule has 1 heterocycles. The number of halogens is 2. The second kappa shape index (κ2) is 7.84. The summed E-state index contributed by atoms with van der Waals surface area (Å²) in [5, 5.41) is 1.67. The van der Waals surface area contributed by atoms with E-state index in [1.807, 2.05) is 31.2 Å². The molecule has 4 rings (SSSR count). The lowest BCUT2D eigenvalue weighted by atomic mass is 9.99. The largest absolute Gasteiger partial charge is 0.361 e. The average Bonchev–Trinajstić information content (AvgIpc) is 3.11. The Hall–Kier alpha value is -2.31. The molecule has 7 heteroatoms. The molecule has 0 radical (unpaired) electrons. The minimum Gasteiger partial charge on any atom is -0.361 e. The zero-order valence-electron chi connectivity index (χ0n) is 15.5. The molecule has 0 saturated heterocycles. The van der Waals surface area contributed by atoms with Crippen molar-refractivity contribution >= 4 is 44.1 Å². The summed E-state index contributed by atoms with van der Waals surface area (Å²) in [4.78, 5) is 3.37. The topological polar surface area (TPSA) is 62.0 Å². The van der Waals surface area contributed by atoms with Crippen molar-refractivity contribution < 1.29 is 8.42 Å². The zero-order valence-corrected chi connectivity index (χ0v) is 17.8. The van der Waals surface area contributed by atoms with Gasteiger partial charge in [-0.2, -0.15) is 4.72 Å². The number of fused-ring (bicyclic) bond motifs is 1. The van der Waals surface area contributed by atoms with Crippen molar-refractivity contribution in [1.29, 1.82) is 0 Å². The van der Waals surface area contributed by atoms with Gasteiger partial charge >= 0.3 is 0 Å². The van der Waals surface area contributed by atoms with Crippen molar-refractivity contribution in [3.63, 3.8) is 0 Å². The van der Waals surface area contributed by atoms with E-state index in [1.54, 1.807) is 48.7 Å². The smallest absolute Gasteiger partial charge is 0.241 e. The zero-order chi connectivity index (χ0) is 20.6. The highest BCUT2D eigenvalue weighted by Gasteiger charge is 2.28. The van der Waals surface area contributed by atoms with Crippen molar-refractivity contribution in [2.75, 3.05) is 0 Å². The van der Waals surface area contributed by atoms with Gasteiger partial charge in [0.15, 0.2) is 0 Å². The molecule has 29 heavy (non-hydrogen) atoms. The molecule has 4 nitrogen and oxygen atoms in total. The predicted octanol–water partition coefficient (Wildman–Crippen LogP) is 5.85. The van der Waals surface area contributed by atoms with Gasteiger partial charge in [-0.3, -0.25) is 0 Å². The summed E-state index contributed by atoms with van der Waals surface area (Å²) in [6.45, 7) is 1.90. The van der Waals surface area contributed by atoms with E-state index in [1.165, 1.54) is 0 Å². The molecule has 0 aliphatic heterocycles. The van der Waals surface area contributed by atoms with Crippen LogP contribution in [0.1, 0.15) is 22.7 Å². The van der Waals surface area contributed by atoms with E-state index in [2.05, 4.69) is 9.71 Å². The summed E-state index contributed by atoms with van der Waals surface area (Å²) in [5.74, 6) is 0. The summed E-state index contributed by atoms with van der Waals surface area (Å²) in [7, 11) is -3.83. The van der Waals surface area contributed by atoms with Crippen LogP contribution in [-0.4, -0.2) is 13.4 Å². The van der Waals surface area contributed by atoms with Gasteiger partial charge in [0.2, 0.25) is 10.0 Å². The van der Waals surface area contributed by atoms with Crippen molar-refractivity contribution in [3.8, 4) is 0 Å². The Morgan fingerprint density at radius 3 is 2.24 bits per heavy atom. The van der Waals surface area contributed by atoms with Crippen LogP contribution in [0, 0.1) is 6.92 Å². The highest BCUT2D eigenvalue weighted by molar-refractivity contribution is 7.89. The number of sulfonamides is 1. The molecule has 0 aliphatic carbocycles. The molecule has 0 saturated carbocycles. The lowest BCUT2D eigenvalue weighted by Crippen LogP contribution is -2.29. The lowest BCUT2D eigenvalue weighted by molar-refractivity contribution is 0.572. The van der Waals surface area contributed by atoms with Crippen LogP contribution in [0.2, 0.25) is 10.0 Å². The van der Waals surface area contributed by atoms with E-state index in [0.717, 1.165) is 22.0 Å². The van der Waals surface area contributed by atoms with Gasteiger partial charge in [0.1, 0.15) is 0 Å². The maximum Gasteiger partial charge on any atom is 0.241 e. The molecule has 0 aliphatic rings. The number of aryl methyl sites for hydroxylation is 1. The molecule has 148 valence electrons. The Labute approximate surface area is 179 Å². The molecule has 4 aromatic rings. The minimum atomic E-state index is -3.83. The second-order valence-electron chi connectivity index (χ2n) is 6.79. The Bertz CT molecular complexity index is 1260. The van der Waals surface area contributed by atoms with Crippen LogP contribution in [0.15, 0.2) is 77.8 Å². The Kier molecular flexibility index (Phi) is 5.40. The number of para-hydroxylation sites is 1. The molecular weight excluding hydrogens is 427 g/mol. The van der Waals surface area contributed by atoms with Crippen LogP contribution in [0.25, 0.3) is 10.9 Å². The molecular formula is C22H18Cl2N2O2S. The quantitative estimate of drug-likeness (QED) is 0.405. The monoisotopic (exact) mass is 444 g/mol. The van der Waals surface area contributed by atoms with Gasteiger partial charge < -0.3 is 4.98 Å². The third-order valence-corrected chi connectivity index (χ3v) is 6.92. The standard InChI is InChI=1S/C22H18Cl2N2O2S/c1-14-9-11-15(12-10-14)29(27,28)26-22(21-18(23)6-4-7-19(21)24)17-13-25-20-8-3-2-5-16(17)20/h2-13,22,25-26H,1H3/t22-/m0/s1. The predicted molar refractivity (Wildman–Crippen MR) is 118 cm³/mol. The first kappa shape index (κ1) is 20.0. The highest BCUT2D eigenvalue weighted by atomic mass is 35.5. The molecule has 1 aromatic heterocycles. The van der Waals surface area contributed by atoms with Gasteiger partial charge in [-0.05, 0) is 42.8 Å². The highest BCUT2D eigenvalue weighted by Crippen LogP contribution is 2.37. The van der Waals surface area contributed by atoms with Gasteiger partial charge in [-0.1, -0.05) is 65.2 Å². The molecule has 0 bridgehead atoms. The second-order valence-corrected chi connectivity index (χ2v) is 9.32. The van der Waals surface area contributed by atoms with Gasteiger partial charge in [0, 0.05) is 32.7 Å². The number of rotatable bonds is 5. The van der Waals surface area contributed by atoms with Crippen LogP contribution in [0.3, 0.4) is 0 Å². The maximum absolute atomic E-state index is 13.2. The van der Waals surface area contributed by atoms with E-state index in [0.29, 0.717) is 15.6 Å². The first-order valence-corrected chi connectivity index (χ1v) is 11.2. The van der Waals surface area contributed by atoms with E-state index >= 15 is 0 Å². The third kappa shape index (κ3) is 3.91. The van der Waals surface area contributed by atoms with Gasteiger partial charge in [-0.15, -0.1) is 0 Å². The Balaban J connectivity index is 1.88. The van der Waals surface area contributed by atoms with E-state index in [9.17, 15) is 8.42 Å². The SMILES string of the molecule is Cc1ccc(S(=O)(=O)N[C@H](c2c(Cl)cccc2Cl)c2c[nH]c3ccccc23)cc1. The van der Waals surface area contributed by atoms with Crippen molar-refractivity contribution in [3.05, 3.63) is 99.7 Å². The summed E-state index contributed by atoms with van der Waals surface area (Å²) in [6.07, 6.45) is 1.78. The van der Waals surface area contributed by atoms with E-state index < -0.39 is 16.1 Å². The van der Waals surface area contributed by atoms with Crippen molar-refractivity contribution in [2.45, 2.75) is 17.9 Å². The summed E-state index contributed by atoms with van der Waals surface area (Å²) >= 11 is 12.9. The fourth-order valence-corrected chi connectivity index (χ4v) is 5.14. The molecule has 0 fully saturated rings. The summed E-state index contributed by atoms with van der Waals surface area (Å²) in [6, 6.07) is 18.7. The van der Waals surface area contributed by atoms with Crippen molar-refractivity contribution in [2.24, 2.45) is 0 Å². The molecule has 0 spiro atoms. The Morgan fingerprint density at radius 1 is 0.897 bits per heavy atom. The number of aromatic amines is 1. The molecule has 0 unspecified atom stereocenters. The van der Waals surface area contributed by atoms with E-state index in [-0.39, 0.29) is 4.90 Å². The van der Waals surface area contributed by atoms with Gasteiger partial charge in [-0.25, -0.2) is 8.42 Å². The van der Waals surface area contributed by atoms with Crippen LogP contribution in [0.5, 0.6) is 0 Å². The van der Waals surface area contributed by atoms with Crippen LogP contribution >= 0.6 is 23.2 Å². The lowest BCUT2D eigenvalue weighted by Gasteiger charge is -2.21. The first-order chi connectivity index (χ1) is 13.9. The number of H-pyrrole nitrogens is 1. The molecule has 3 aromatic carbocycles. The fraction of sp³-hybridized carbons (Fsp3) is 0.0909. The van der Waals surface area contributed by atoms with Gasteiger partial charge in [0.25, 0.3) is 0 Å². The van der Waals surface area contributed by atoms with Crippen LogP contribution < -0.4 is 4.72 Å². The normalized spacial score (nSPS) is 12.9. The van der Waals surface area contributed by atoms with Crippen LogP contribution in [0.4, 0.5) is 0 Å².